The Labute approximate surface area is 88.3 Å². The van der Waals surface area contributed by atoms with Gasteiger partial charge in [0.05, 0.1) is 6.54 Å². The van der Waals surface area contributed by atoms with Gasteiger partial charge in [-0.15, -0.1) is 6.42 Å². The third-order valence-electron chi connectivity index (χ3n) is 1.86. The summed E-state index contributed by atoms with van der Waals surface area (Å²) in [7, 11) is 0. The van der Waals surface area contributed by atoms with Crippen molar-refractivity contribution in [2.24, 2.45) is 0 Å². The highest BCUT2D eigenvalue weighted by Gasteiger charge is 2.09. The van der Waals surface area contributed by atoms with Gasteiger partial charge in [0.15, 0.2) is 0 Å². The predicted octanol–water partition coefficient (Wildman–Crippen LogP) is 2.01. The lowest BCUT2D eigenvalue weighted by atomic mass is 10.1. The number of amides is 1. The molecule has 1 aromatic rings. The van der Waals surface area contributed by atoms with Crippen molar-refractivity contribution in [1.82, 2.24) is 5.32 Å². The Hall–Kier alpha value is -1.46. The number of nitrogens with one attached hydrogen (secondary N) is 1. The molecule has 3 heteroatoms. The van der Waals surface area contributed by atoms with Gasteiger partial charge < -0.3 is 5.32 Å². The maximum absolute atomic E-state index is 11.5. The normalized spacial score (nSPS) is 9.21. The highest BCUT2D eigenvalue weighted by atomic mass is 35.5. The molecule has 0 aromatic heterocycles. The Morgan fingerprint density at radius 1 is 1.64 bits per heavy atom. The lowest BCUT2D eigenvalue weighted by molar-refractivity contribution is 0.0958. The molecular formula is C11H10ClNO. The number of benzene rings is 1. The van der Waals surface area contributed by atoms with Gasteiger partial charge in [0.1, 0.15) is 0 Å². The van der Waals surface area contributed by atoms with E-state index in [-0.39, 0.29) is 12.5 Å². The fourth-order valence-corrected chi connectivity index (χ4v) is 1.25. The molecule has 0 saturated carbocycles. The van der Waals surface area contributed by atoms with E-state index in [2.05, 4.69) is 11.2 Å². The Kier molecular flexibility index (Phi) is 3.55. The standard InChI is InChI=1S/C11H10ClNO/c1-3-7-13-11(14)9-5-4-6-10(12)8(9)2/h1,4-6H,7H2,2H3,(H,13,14). The van der Waals surface area contributed by atoms with Crippen molar-refractivity contribution in [2.45, 2.75) is 6.92 Å². The van der Waals surface area contributed by atoms with Crippen LogP contribution in [0.3, 0.4) is 0 Å². The first-order valence-corrected chi connectivity index (χ1v) is 4.51. The molecule has 0 spiro atoms. The van der Waals surface area contributed by atoms with Crippen molar-refractivity contribution in [3.63, 3.8) is 0 Å². The fraction of sp³-hybridized carbons (Fsp3) is 0.182. The summed E-state index contributed by atoms with van der Waals surface area (Å²) in [6, 6.07) is 5.20. The van der Waals surface area contributed by atoms with Crippen LogP contribution in [0.15, 0.2) is 18.2 Å². The molecule has 0 unspecified atom stereocenters. The van der Waals surface area contributed by atoms with E-state index >= 15 is 0 Å². The second-order valence-corrected chi connectivity index (χ2v) is 3.21. The van der Waals surface area contributed by atoms with Crippen LogP contribution in [0.25, 0.3) is 0 Å². The Morgan fingerprint density at radius 3 is 3.00 bits per heavy atom. The van der Waals surface area contributed by atoms with Crippen molar-refractivity contribution in [1.29, 1.82) is 0 Å². The van der Waals surface area contributed by atoms with Gasteiger partial charge in [-0.2, -0.15) is 0 Å². The second-order valence-electron chi connectivity index (χ2n) is 2.80. The number of carbonyl (C=O) groups is 1. The van der Waals surface area contributed by atoms with E-state index in [1.165, 1.54) is 0 Å². The molecule has 0 aliphatic rings. The van der Waals surface area contributed by atoms with Gasteiger partial charge in [0, 0.05) is 10.6 Å². The molecule has 0 fully saturated rings. The van der Waals surface area contributed by atoms with Crippen molar-refractivity contribution < 1.29 is 4.79 Å². The minimum absolute atomic E-state index is 0.192. The van der Waals surface area contributed by atoms with Gasteiger partial charge >= 0.3 is 0 Å². The van der Waals surface area contributed by atoms with E-state index in [1.54, 1.807) is 25.1 Å². The first kappa shape index (κ1) is 10.6. The Balaban J connectivity index is 2.91. The van der Waals surface area contributed by atoms with Gasteiger partial charge in [0.25, 0.3) is 5.91 Å². The number of hydrogen-bond acceptors (Lipinski definition) is 1. The molecule has 14 heavy (non-hydrogen) atoms. The van der Waals surface area contributed by atoms with E-state index in [9.17, 15) is 4.79 Å². The van der Waals surface area contributed by atoms with Crippen molar-refractivity contribution in [2.75, 3.05) is 6.54 Å². The zero-order chi connectivity index (χ0) is 10.6. The molecule has 1 N–H and O–H groups in total. The highest BCUT2D eigenvalue weighted by Crippen LogP contribution is 2.18. The van der Waals surface area contributed by atoms with Gasteiger partial charge in [-0.3, -0.25) is 4.79 Å². The minimum Gasteiger partial charge on any atom is -0.341 e. The van der Waals surface area contributed by atoms with E-state index < -0.39 is 0 Å². The average molecular weight is 208 g/mol. The third kappa shape index (κ3) is 2.27. The van der Waals surface area contributed by atoms with Crippen LogP contribution in [0.5, 0.6) is 0 Å². The number of carbonyl (C=O) groups excluding carboxylic acids is 1. The molecule has 0 bridgehead atoms. The minimum atomic E-state index is -0.192. The summed E-state index contributed by atoms with van der Waals surface area (Å²) >= 11 is 5.87. The summed E-state index contributed by atoms with van der Waals surface area (Å²) < 4.78 is 0. The maximum atomic E-state index is 11.5. The zero-order valence-corrected chi connectivity index (χ0v) is 8.56. The monoisotopic (exact) mass is 207 g/mol. The van der Waals surface area contributed by atoms with Gasteiger partial charge in [0.2, 0.25) is 0 Å². The van der Waals surface area contributed by atoms with E-state index in [1.807, 2.05) is 0 Å². The van der Waals surface area contributed by atoms with E-state index in [4.69, 9.17) is 18.0 Å². The largest absolute Gasteiger partial charge is 0.341 e. The van der Waals surface area contributed by atoms with Crippen LogP contribution < -0.4 is 5.32 Å². The van der Waals surface area contributed by atoms with E-state index in [0.29, 0.717) is 10.6 Å². The molecule has 0 atom stereocenters. The van der Waals surface area contributed by atoms with Gasteiger partial charge in [-0.25, -0.2) is 0 Å². The molecule has 2 nitrogen and oxygen atoms in total. The molecule has 1 aromatic carbocycles. The quantitative estimate of drug-likeness (QED) is 0.739. The van der Waals surface area contributed by atoms with Crippen LogP contribution in [-0.2, 0) is 0 Å². The third-order valence-corrected chi connectivity index (χ3v) is 2.27. The van der Waals surface area contributed by atoms with E-state index in [0.717, 1.165) is 5.56 Å². The molecule has 0 aliphatic heterocycles. The molecule has 1 amide bonds. The molecule has 0 heterocycles. The van der Waals surface area contributed by atoms with Crippen LogP contribution in [0.1, 0.15) is 15.9 Å². The van der Waals surface area contributed by atoms with Crippen LogP contribution in [-0.4, -0.2) is 12.5 Å². The molecule has 72 valence electrons. The fourth-order valence-electron chi connectivity index (χ4n) is 1.08. The summed E-state index contributed by atoms with van der Waals surface area (Å²) in [6.45, 7) is 2.03. The molecule has 1 rings (SSSR count). The first-order valence-electron chi connectivity index (χ1n) is 4.13. The number of rotatable bonds is 2. The zero-order valence-electron chi connectivity index (χ0n) is 7.80. The summed E-state index contributed by atoms with van der Waals surface area (Å²) in [6.07, 6.45) is 5.03. The summed E-state index contributed by atoms with van der Waals surface area (Å²) in [5.74, 6) is 2.15. The van der Waals surface area contributed by atoms with Crippen molar-refractivity contribution >= 4 is 17.5 Å². The van der Waals surface area contributed by atoms with Crippen molar-refractivity contribution in [3.8, 4) is 12.3 Å². The number of terminal acetylenes is 1. The van der Waals surface area contributed by atoms with Crippen LogP contribution in [0.2, 0.25) is 5.02 Å². The van der Waals surface area contributed by atoms with Crippen molar-refractivity contribution in [3.05, 3.63) is 34.3 Å². The summed E-state index contributed by atoms with van der Waals surface area (Å²) in [5, 5.41) is 3.16. The molecule has 0 saturated heterocycles. The number of halogens is 1. The molecule has 0 aliphatic carbocycles. The van der Waals surface area contributed by atoms with Gasteiger partial charge in [-0.1, -0.05) is 23.6 Å². The Morgan fingerprint density at radius 2 is 2.36 bits per heavy atom. The van der Waals surface area contributed by atoms with Gasteiger partial charge in [-0.05, 0) is 24.6 Å². The average Bonchev–Trinajstić information content (AvgIpc) is 2.18. The summed E-state index contributed by atoms with van der Waals surface area (Å²) in [5.41, 5.74) is 1.33. The topological polar surface area (TPSA) is 29.1 Å². The smallest absolute Gasteiger partial charge is 0.252 e. The predicted molar refractivity (Wildman–Crippen MR) is 57.4 cm³/mol. The second kappa shape index (κ2) is 4.69. The summed E-state index contributed by atoms with van der Waals surface area (Å²) in [4.78, 5) is 11.5. The van der Waals surface area contributed by atoms with Crippen LogP contribution >= 0.6 is 11.6 Å². The lowest BCUT2D eigenvalue weighted by Crippen LogP contribution is -2.24. The molecular weight excluding hydrogens is 198 g/mol. The SMILES string of the molecule is C#CCNC(=O)c1cccc(Cl)c1C. The first-order chi connectivity index (χ1) is 6.66. The van der Waals surface area contributed by atoms with Crippen LogP contribution in [0.4, 0.5) is 0 Å². The Bertz CT molecular complexity index is 393. The molecule has 0 radical (unpaired) electrons. The lowest BCUT2D eigenvalue weighted by Gasteiger charge is -2.06. The maximum Gasteiger partial charge on any atom is 0.252 e. The van der Waals surface area contributed by atoms with Crippen LogP contribution in [0, 0.1) is 19.3 Å². The highest BCUT2D eigenvalue weighted by molar-refractivity contribution is 6.31. The number of hydrogen-bond donors (Lipinski definition) is 1.